The van der Waals surface area contributed by atoms with Crippen molar-refractivity contribution >= 4 is 28.6 Å². The Balaban J connectivity index is 1.88. The van der Waals surface area contributed by atoms with Crippen molar-refractivity contribution in [1.29, 1.82) is 0 Å². The molecule has 1 aromatic carbocycles. The Morgan fingerprint density at radius 1 is 1.20 bits per heavy atom. The lowest BCUT2D eigenvalue weighted by Gasteiger charge is -2.07. The highest BCUT2D eigenvalue weighted by atomic mass is 35.5. The number of benzene rings is 1. The van der Waals surface area contributed by atoms with Crippen LogP contribution in [-0.4, -0.2) is 19.5 Å². The van der Waals surface area contributed by atoms with Crippen molar-refractivity contribution in [2.24, 2.45) is 0 Å². The molecule has 3 rings (SSSR count). The van der Waals surface area contributed by atoms with Gasteiger partial charge in [0.2, 0.25) is 0 Å². The lowest BCUT2D eigenvalue weighted by atomic mass is 10.2. The van der Waals surface area contributed by atoms with Gasteiger partial charge in [-0.2, -0.15) is 0 Å². The highest BCUT2D eigenvalue weighted by Crippen LogP contribution is 2.20. The molecule has 2 heterocycles. The molecule has 0 spiro atoms. The predicted molar refractivity (Wildman–Crippen MR) is 79.8 cm³/mol. The SMILES string of the molecule is CCn1cnc2c(NCc3ccccc3Cl)ncnc21. The molecule has 20 heavy (non-hydrogen) atoms. The molecule has 0 saturated heterocycles. The van der Waals surface area contributed by atoms with Crippen LogP contribution >= 0.6 is 11.6 Å². The average molecular weight is 288 g/mol. The van der Waals surface area contributed by atoms with Gasteiger partial charge in [0.1, 0.15) is 11.8 Å². The summed E-state index contributed by atoms with van der Waals surface area (Å²) in [6.45, 7) is 3.49. The van der Waals surface area contributed by atoms with Crippen molar-refractivity contribution in [3.8, 4) is 0 Å². The van der Waals surface area contributed by atoms with Gasteiger partial charge < -0.3 is 9.88 Å². The average Bonchev–Trinajstić information content (AvgIpc) is 2.90. The molecule has 3 aromatic rings. The van der Waals surface area contributed by atoms with Gasteiger partial charge in [-0.05, 0) is 18.6 Å². The highest BCUT2D eigenvalue weighted by Gasteiger charge is 2.09. The quantitative estimate of drug-likeness (QED) is 0.801. The standard InChI is InChI=1S/C14H14ClN5/c1-2-20-9-19-12-13(17-8-18-14(12)20)16-7-10-5-3-4-6-11(10)15/h3-6,8-9H,2,7H2,1H3,(H,16,17,18). The second kappa shape index (κ2) is 5.46. The van der Waals surface area contributed by atoms with E-state index in [9.17, 15) is 0 Å². The van der Waals surface area contributed by atoms with Gasteiger partial charge in [-0.15, -0.1) is 0 Å². The summed E-state index contributed by atoms with van der Waals surface area (Å²) in [6.07, 6.45) is 3.32. The first kappa shape index (κ1) is 12.9. The summed E-state index contributed by atoms with van der Waals surface area (Å²) in [5.74, 6) is 0.724. The number of anilines is 1. The number of halogens is 1. The topological polar surface area (TPSA) is 55.6 Å². The maximum atomic E-state index is 6.14. The molecule has 0 amide bonds. The third-order valence-corrected chi connectivity index (χ3v) is 3.51. The van der Waals surface area contributed by atoms with E-state index in [1.165, 1.54) is 0 Å². The predicted octanol–water partition coefficient (Wildman–Crippen LogP) is 3.11. The molecule has 0 aliphatic rings. The molecule has 0 fully saturated rings. The normalized spacial score (nSPS) is 10.9. The second-order valence-electron chi connectivity index (χ2n) is 4.37. The third kappa shape index (κ3) is 2.32. The van der Waals surface area contributed by atoms with Crippen LogP contribution in [0.25, 0.3) is 11.2 Å². The van der Waals surface area contributed by atoms with Crippen molar-refractivity contribution in [2.75, 3.05) is 5.32 Å². The Morgan fingerprint density at radius 2 is 2.05 bits per heavy atom. The summed E-state index contributed by atoms with van der Waals surface area (Å²) in [4.78, 5) is 12.9. The molecule has 0 aliphatic carbocycles. The number of aryl methyl sites for hydroxylation is 1. The Labute approximate surface area is 121 Å². The lowest BCUT2D eigenvalue weighted by Crippen LogP contribution is -2.03. The summed E-state index contributed by atoms with van der Waals surface area (Å²) in [5.41, 5.74) is 2.64. The molecule has 0 aliphatic heterocycles. The van der Waals surface area contributed by atoms with E-state index in [2.05, 4.69) is 27.2 Å². The summed E-state index contributed by atoms with van der Waals surface area (Å²) < 4.78 is 1.98. The van der Waals surface area contributed by atoms with Gasteiger partial charge in [0.05, 0.1) is 6.33 Å². The smallest absolute Gasteiger partial charge is 0.165 e. The van der Waals surface area contributed by atoms with Crippen LogP contribution in [0.4, 0.5) is 5.82 Å². The van der Waals surface area contributed by atoms with Crippen LogP contribution in [0.15, 0.2) is 36.9 Å². The minimum Gasteiger partial charge on any atom is -0.364 e. The number of imidazole rings is 1. The zero-order valence-electron chi connectivity index (χ0n) is 11.0. The van der Waals surface area contributed by atoms with Crippen molar-refractivity contribution in [3.05, 3.63) is 47.5 Å². The van der Waals surface area contributed by atoms with Crippen molar-refractivity contribution < 1.29 is 0 Å². The maximum Gasteiger partial charge on any atom is 0.165 e. The highest BCUT2D eigenvalue weighted by molar-refractivity contribution is 6.31. The van der Waals surface area contributed by atoms with Crippen molar-refractivity contribution in [2.45, 2.75) is 20.0 Å². The molecule has 0 unspecified atom stereocenters. The van der Waals surface area contributed by atoms with E-state index in [1.54, 1.807) is 12.7 Å². The zero-order chi connectivity index (χ0) is 13.9. The zero-order valence-corrected chi connectivity index (χ0v) is 11.8. The van der Waals surface area contributed by atoms with E-state index in [-0.39, 0.29) is 0 Å². The lowest BCUT2D eigenvalue weighted by molar-refractivity contribution is 0.777. The molecule has 1 N–H and O–H groups in total. The summed E-state index contributed by atoms with van der Waals surface area (Å²) in [7, 11) is 0. The minimum absolute atomic E-state index is 0.602. The fourth-order valence-corrected chi connectivity index (χ4v) is 2.26. The summed E-state index contributed by atoms with van der Waals surface area (Å²) in [6, 6.07) is 7.74. The Morgan fingerprint density at radius 3 is 2.85 bits per heavy atom. The fourth-order valence-electron chi connectivity index (χ4n) is 2.06. The fraction of sp³-hybridized carbons (Fsp3) is 0.214. The first-order valence-corrected chi connectivity index (χ1v) is 6.80. The van der Waals surface area contributed by atoms with E-state index in [1.807, 2.05) is 28.8 Å². The molecule has 0 radical (unpaired) electrons. The van der Waals surface area contributed by atoms with E-state index < -0.39 is 0 Å². The summed E-state index contributed by atoms with van der Waals surface area (Å²) in [5, 5.41) is 4.01. The number of nitrogens with zero attached hydrogens (tertiary/aromatic N) is 4. The molecule has 0 atom stereocenters. The van der Waals surface area contributed by atoms with Crippen LogP contribution in [-0.2, 0) is 13.1 Å². The van der Waals surface area contributed by atoms with E-state index in [0.29, 0.717) is 6.54 Å². The van der Waals surface area contributed by atoms with E-state index in [0.717, 1.165) is 34.1 Å². The molecule has 0 bridgehead atoms. The van der Waals surface area contributed by atoms with Gasteiger partial charge in [0.15, 0.2) is 11.5 Å². The van der Waals surface area contributed by atoms with Gasteiger partial charge in [0, 0.05) is 18.1 Å². The number of rotatable bonds is 4. The number of hydrogen-bond donors (Lipinski definition) is 1. The minimum atomic E-state index is 0.602. The number of aromatic nitrogens is 4. The van der Waals surface area contributed by atoms with Gasteiger partial charge in [-0.25, -0.2) is 15.0 Å². The second-order valence-corrected chi connectivity index (χ2v) is 4.78. The van der Waals surface area contributed by atoms with Gasteiger partial charge in [-0.3, -0.25) is 0 Å². The Bertz CT molecular complexity index is 737. The number of fused-ring (bicyclic) bond motifs is 1. The van der Waals surface area contributed by atoms with Crippen molar-refractivity contribution in [1.82, 2.24) is 19.5 Å². The Kier molecular flexibility index (Phi) is 3.52. The Hall–Kier alpha value is -2.14. The van der Waals surface area contributed by atoms with Gasteiger partial charge >= 0.3 is 0 Å². The third-order valence-electron chi connectivity index (χ3n) is 3.15. The van der Waals surface area contributed by atoms with Crippen LogP contribution < -0.4 is 5.32 Å². The first-order chi connectivity index (χ1) is 9.79. The maximum absolute atomic E-state index is 6.14. The van der Waals surface area contributed by atoms with E-state index in [4.69, 9.17) is 11.6 Å². The van der Waals surface area contributed by atoms with Crippen LogP contribution in [0, 0.1) is 0 Å². The molecule has 0 saturated carbocycles. The first-order valence-electron chi connectivity index (χ1n) is 6.42. The number of nitrogens with one attached hydrogen (secondary N) is 1. The number of hydrogen-bond acceptors (Lipinski definition) is 4. The molecular formula is C14H14ClN5. The van der Waals surface area contributed by atoms with Crippen molar-refractivity contribution in [3.63, 3.8) is 0 Å². The summed E-state index contributed by atoms with van der Waals surface area (Å²) >= 11 is 6.14. The molecule has 2 aromatic heterocycles. The molecule has 6 heteroatoms. The van der Waals surface area contributed by atoms with Gasteiger partial charge in [0.25, 0.3) is 0 Å². The molecule has 102 valence electrons. The molecular weight excluding hydrogens is 274 g/mol. The van der Waals surface area contributed by atoms with Gasteiger partial charge in [-0.1, -0.05) is 29.8 Å². The van der Waals surface area contributed by atoms with Crippen LogP contribution in [0.2, 0.25) is 5.02 Å². The van der Waals surface area contributed by atoms with Crippen LogP contribution in [0.3, 0.4) is 0 Å². The van der Waals surface area contributed by atoms with Crippen LogP contribution in [0.1, 0.15) is 12.5 Å². The van der Waals surface area contributed by atoms with Crippen LogP contribution in [0.5, 0.6) is 0 Å². The largest absolute Gasteiger partial charge is 0.364 e. The molecule has 5 nitrogen and oxygen atoms in total. The monoisotopic (exact) mass is 287 g/mol. The van der Waals surface area contributed by atoms with E-state index >= 15 is 0 Å².